The fourth-order valence-corrected chi connectivity index (χ4v) is 3.80. The standard InChI is InChI=1S/C21H29ClFN5O3S/c1-13-10-16(23)14(11-15(13)22)12-31-19-17(18(24)29)20(32-27-19)26-21(30)25-8-6-4-5-7-9-28(2)3/h10-11H,4-9,12H2,1-3H3,(H2,24,29)(H2,25,26,30). The summed E-state index contributed by atoms with van der Waals surface area (Å²) in [5.74, 6) is -1.37. The molecule has 0 unspecified atom stereocenters. The van der Waals surface area contributed by atoms with Crippen molar-refractivity contribution in [1.82, 2.24) is 14.6 Å². The quantitative estimate of drug-likeness (QED) is 0.391. The highest BCUT2D eigenvalue weighted by molar-refractivity contribution is 7.11. The molecular weight excluding hydrogens is 457 g/mol. The van der Waals surface area contributed by atoms with Crippen molar-refractivity contribution < 1.29 is 18.7 Å². The lowest BCUT2D eigenvalue weighted by atomic mass is 10.1. The van der Waals surface area contributed by atoms with Crippen LogP contribution >= 0.6 is 23.1 Å². The molecule has 0 aliphatic rings. The Kier molecular flexibility index (Phi) is 10.1. The summed E-state index contributed by atoms with van der Waals surface area (Å²) >= 11 is 6.89. The van der Waals surface area contributed by atoms with Crippen LogP contribution in [0.4, 0.5) is 14.2 Å². The molecule has 0 spiro atoms. The number of unbranched alkanes of at least 4 members (excludes halogenated alkanes) is 3. The molecule has 1 heterocycles. The van der Waals surface area contributed by atoms with Crippen LogP contribution < -0.4 is 21.1 Å². The van der Waals surface area contributed by atoms with Crippen LogP contribution in [0.2, 0.25) is 5.02 Å². The smallest absolute Gasteiger partial charge is 0.319 e. The molecule has 8 nitrogen and oxygen atoms in total. The zero-order valence-corrected chi connectivity index (χ0v) is 20.0. The number of benzene rings is 1. The van der Waals surface area contributed by atoms with Gasteiger partial charge in [0.25, 0.3) is 5.91 Å². The molecule has 0 aliphatic heterocycles. The molecule has 0 saturated heterocycles. The van der Waals surface area contributed by atoms with Gasteiger partial charge in [0, 0.05) is 17.1 Å². The minimum atomic E-state index is -0.813. The molecule has 2 rings (SSSR count). The summed E-state index contributed by atoms with van der Waals surface area (Å²) in [4.78, 5) is 26.2. The van der Waals surface area contributed by atoms with E-state index in [1.807, 2.05) is 14.1 Å². The number of halogens is 2. The monoisotopic (exact) mass is 485 g/mol. The molecule has 0 fully saturated rings. The maximum atomic E-state index is 14.1. The third-order valence-corrected chi connectivity index (χ3v) is 5.80. The van der Waals surface area contributed by atoms with Crippen LogP contribution in [0.5, 0.6) is 5.88 Å². The number of rotatable bonds is 12. The number of nitrogens with zero attached hydrogens (tertiary/aromatic N) is 2. The van der Waals surface area contributed by atoms with E-state index in [0.29, 0.717) is 17.1 Å². The Bertz CT molecular complexity index is 938. The first-order chi connectivity index (χ1) is 15.2. The molecule has 0 aliphatic carbocycles. The number of nitrogens with two attached hydrogens (primary N) is 1. The first-order valence-electron chi connectivity index (χ1n) is 10.3. The van der Waals surface area contributed by atoms with Gasteiger partial charge < -0.3 is 20.7 Å². The second-order valence-corrected chi connectivity index (χ2v) is 8.82. The van der Waals surface area contributed by atoms with Gasteiger partial charge in [-0.25, -0.2) is 9.18 Å². The average Bonchev–Trinajstić information content (AvgIpc) is 3.11. The maximum absolute atomic E-state index is 14.1. The summed E-state index contributed by atoms with van der Waals surface area (Å²) in [5.41, 5.74) is 6.19. The van der Waals surface area contributed by atoms with Gasteiger partial charge in [0.05, 0.1) is 0 Å². The Morgan fingerprint density at radius 3 is 2.66 bits per heavy atom. The average molecular weight is 486 g/mol. The molecule has 0 saturated carbocycles. The van der Waals surface area contributed by atoms with Gasteiger partial charge in [0.2, 0.25) is 5.88 Å². The molecule has 176 valence electrons. The van der Waals surface area contributed by atoms with Crippen molar-refractivity contribution in [2.45, 2.75) is 39.2 Å². The molecule has 32 heavy (non-hydrogen) atoms. The summed E-state index contributed by atoms with van der Waals surface area (Å²) in [7, 11) is 4.08. The summed E-state index contributed by atoms with van der Waals surface area (Å²) in [6.45, 7) is 3.05. The van der Waals surface area contributed by atoms with E-state index in [4.69, 9.17) is 22.1 Å². The van der Waals surface area contributed by atoms with Crippen LogP contribution in [0.25, 0.3) is 0 Å². The van der Waals surface area contributed by atoms with Crippen LogP contribution in [-0.4, -0.2) is 48.4 Å². The zero-order valence-electron chi connectivity index (χ0n) is 18.5. The van der Waals surface area contributed by atoms with E-state index in [-0.39, 0.29) is 28.6 Å². The number of hydrogen-bond acceptors (Lipinski definition) is 6. The van der Waals surface area contributed by atoms with E-state index in [2.05, 4.69) is 19.9 Å². The predicted molar refractivity (Wildman–Crippen MR) is 125 cm³/mol. The molecule has 3 amide bonds. The van der Waals surface area contributed by atoms with Crippen LogP contribution in [-0.2, 0) is 6.61 Å². The summed E-state index contributed by atoms with van der Waals surface area (Å²) in [6, 6.07) is 2.29. The van der Waals surface area contributed by atoms with Crippen LogP contribution in [0.3, 0.4) is 0 Å². The SMILES string of the molecule is Cc1cc(F)c(COc2nsc(NC(=O)NCCCCCCN(C)C)c2C(N)=O)cc1Cl. The highest BCUT2D eigenvalue weighted by atomic mass is 35.5. The van der Waals surface area contributed by atoms with E-state index in [0.717, 1.165) is 43.8 Å². The van der Waals surface area contributed by atoms with Crippen molar-refractivity contribution in [3.8, 4) is 5.88 Å². The fourth-order valence-electron chi connectivity index (χ4n) is 2.88. The summed E-state index contributed by atoms with van der Waals surface area (Å²) in [5, 5.41) is 5.89. The Morgan fingerprint density at radius 1 is 1.25 bits per heavy atom. The molecule has 0 radical (unpaired) electrons. The molecule has 0 atom stereocenters. The third-order valence-electron chi connectivity index (χ3n) is 4.64. The van der Waals surface area contributed by atoms with Gasteiger partial charge in [-0.3, -0.25) is 10.1 Å². The minimum absolute atomic E-state index is 0.0625. The van der Waals surface area contributed by atoms with E-state index >= 15 is 0 Å². The number of amides is 3. The van der Waals surface area contributed by atoms with E-state index in [1.165, 1.54) is 12.1 Å². The molecule has 1 aromatic heterocycles. The van der Waals surface area contributed by atoms with Gasteiger partial charge in [0.1, 0.15) is 23.0 Å². The number of hydrogen-bond donors (Lipinski definition) is 3. The number of primary amides is 1. The topological polar surface area (TPSA) is 110 Å². The Morgan fingerprint density at radius 2 is 1.97 bits per heavy atom. The van der Waals surface area contributed by atoms with Gasteiger partial charge in [-0.1, -0.05) is 24.4 Å². The Balaban J connectivity index is 1.89. The lowest BCUT2D eigenvalue weighted by Crippen LogP contribution is -2.30. The first-order valence-corrected chi connectivity index (χ1v) is 11.4. The predicted octanol–water partition coefficient (Wildman–Crippen LogP) is 4.17. The fraction of sp³-hybridized carbons (Fsp3) is 0.476. The molecule has 0 bridgehead atoms. The van der Waals surface area contributed by atoms with Crippen molar-refractivity contribution in [1.29, 1.82) is 0 Å². The van der Waals surface area contributed by atoms with Crippen molar-refractivity contribution >= 4 is 40.1 Å². The molecule has 4 N–H and O–H groups in total. The van der Waals surface area contributed by atoms with Gasteiger partial charge in [-0.15, -0.1) is 0 Å². The van der Waals surface area contributed by atoms with E-state index in [1.54, 1.807) is 6.92 Å². The number of urea groups is 1. The van der Waals surface area contributed by atoms with Crippen LogP contribution in [0, 0.1) is 12.7 Å². The summed E-state index contributed by atoms with van der Waals surface area (Å²) < 4.78 is 23.6. The van der Waals surface area contributed by atoms with Gasteiger partial charge in [-0.05, 0) is 69.6 Å². The lowest BCUT2D eigenvalue weighted by molar-refractivity contribution is 0.0996. The molecule has 11 heteroatoms. The number of ether oxygens (including phenoxy) is 1. The van der Waals surface area contributed by atoms with Gasteiger partial charge >= 0.3 is 6.03 Å². The van der Waals surface area contributed by atoms with Gasteiger partial charge in [-0.2, -0.15) is 4.37 Å². The van der Waals surface area contributed by atoms with Crippen molar-refractivity contribution in [2.24, 2.45) is 5.73 Å². The minimum Gasteiger partial charge on any atom is -0.471 e. The molecule has 1 aromatic carbocycles. The maximum Gasteiger partial charge on any atom is 0.319 e. The van der Waals surface area contributed by atoms with Crippen molar-refractivity contribution in [3.63, 3.8) is 0 Å². The Labute approximate surface area is 196 Å². The Hall–Kier alpha value is -2.43. The number of carbonyl (C=O) groups is 2. The lowest BCUT2D eigenvalue weighted by Gasteiger charge is -2.10. The highest BCUT2D eigenvalue weighted by Crippen LogP contribution is 2.31. The second-order valence-electron chi connectivity index (χ2n) is 7.64. The highest BCUT2D eigenvalue weighted by Gasteiger charge is 2.22. The first kappa shape index (κ1) is 25.8. The van der Waals surface area contributed by atoms with Gasteiger partial charge in [0.15, 0.2) is 0 Å². The van der Waals surface area contributed by atoms with Crippen LogP contribution in [0.1, 0.15) is 47.2 Å². The zero-order chi connectivity index (χ0) is 23.7. The molecular formula is C21H29ClFN5O3S. The largest absolute Gasteiger partial charge is 0.471 e. The van der Waals surface area contributed by atoms with E-state index < -0.39 is 17.8 Å². The van der Waals surface area contributed by atoms with Crippen LogP contribution in [0.15, 0.2) is 12.1 Å². The van der Waals surface area contributed by atoms with Crippen molar-refractivity contribution in [2.75, 3.05) is 32.5 Å². The third kappa shape index (κ3) is 7.92. The number of nitrogens with one attached hydrogen (secondary N) is 2. The second kappa shape index (κ2) is 12.6. The number of carbonyl (C=O) groups excluding carboxylic acids is 2. The van der Waals surface area contributed by atoms with E-state index in [9.17, 15) is 14.0 Å². The normalized spacial score (nSPS) is 10.9. The number of anilines is 1. The summed E-state index contributed by atoms with van der Waals surface area (Å²) in [6.07, 6.45) is 4.07. The molecule has 2 aromatic rings. The van der Waals surface area contributed by atoms with Crippen molar-refractivity contribution in [3.05, 3.63) is 39.7 Å². The number of aromatic nitrogens is 1. The number of aryl methyl sites for hydroxylation is 1.